The number of anilines is 2. The van der Waals surface area contributed by atoms with Crippen molar-refractivity contribution in [3.05, 3.63) is 66.7 Å². The Hall–Kier alpha value is -2.75. The molecule has 24 heavy (non-hydrogen) atoms. The Bertz CT molecular complexity index is 731. The first-order valence-corrected chi connectivity index (χ1v) is 8.11. The summed E-state index contributed by atoms with van der Waals surface area (Å²) >= 11 is 0. The van der Waals surface area contributed by atoms with Gasteiger partial charge in [-0.05, 0) is 54.3 Å². The van der Waals surface area contributed by atoms with E-state index in [9.17, 15) is 4.79 Å². The van der Waals surface area contributed by atoms with Gasteiger partial charge >= 0.3 is 0 Å². The van der Waals surface area contributed by atoms with E-state index in [1.54, 1.807) is 7.11 Å². The molecule has 0 fully saturated rings. The molecule has 1 amide bonds. The zero-order valence-electron chi connectivity index (χ0n) is 13.9. The van der Waals surface area contributed by atoms with Gasteiger partial charge in [-0.1, -0.05) is 24.8 Å². The predicted octanol–water partition coefficient (Wildman–Crippen LogP) is 3.55. The Morgan fingerprint density at radius 3 is 2.79 bits per heavy atom. The number of para-hydroxylation sites is 1. The normalized spacial score (nSPS) is 16.2. The topological polar surface area (TPSA) is 41.6 Å². The molecule has 0 radical (unpaired) electrons. The van der Waals surface area contributed by atoms with Gasteiger partial charge in [-0.15, -0.1) is 0 Å². The van der Waals surface area contributed by atoms with Crippen LogP contribution in [0, 0.1) is 5.92 Å². The number of nitrogens with zero attached hydrogens (tertiary/aromatic N) is 1. The molecule has 0 aromatic heterocycles. The molecule has 1 aliphatic rings. The standard InChI is InChI=1S/C20H22N2O2.H2/c1-3-20(23)21-13-15-12-16-6-4-5-7-19(16)22(14-15)17-8-10-18(24-2)11-9-17;/h3-11,15H,1,12-14H2,2H3,(H,21,23);1H. The third kappa shape index (κ3) is 3.43. The van der Waals surface area contributed by atoms with Gasteiger partial charge in [-0.2, -0.15) is 0 Å². The fourth-order valence-electron chi connectivity index (χ4n) is 3.14. The largest absolute Gasteiger partial charge is 0.497 e. The number of hydrogen-bond donors (Lipinski definition) is 1. The number of methoxy groups -OCH3 is 1. The van der Waals surface area contributed by atoms with Crippen molar-refractivity contribution in [3.8, 4) is 5.75 Å². The fourth-order valence-corrected chi connectivity index (χ4v) is 3.14. The molecule has 2 aromatic carbocycles. The summed E-state index contributed by atoms with van der Waals surface area (Å²) in [5.74, 6) is 1.08. The Balaban J connectivity index is 0.00000225. The lowest BCUT2D eigenvalue weighted by molar-refractivity contribution is -0.116. The van der Waals surface area contributed by atoms with E-state index in [-0.39, 0.29) is 7.33 Å². The summed E-state index contributed by atoms with van der Waals surface area (Å²) in [6.45, 7) is 5.01. The van der Waals surface area contributed by atoms with Gasteiger partial charge in [0.25, 0.3) is 0 Å². The van der Waals surface area contributed by atoms with Gasteiger partial charge in [0.15, 0.2) is 0 Å². The van der Waals surface area contributed by atoms with Crippen LogP contribution in [0.3, 0.4) is 0 Å². The average Bonchev–Trinajstić information content (AvgIpc) is 2.65. The fraction of sp³-hybridized carbons (Fsp3) is 0.250. The molecular weight excluding hydrogens is 300 g/mol. The number of carbonyl (C=O) groups is 1. The van der Waals surface area contributed by atoms with Crippen LogP contribution in [0.2, 0.25) is 0 Å². The third-order valence-corrected chi connectivity index (χ3v) is 4.37. The van der Waals surface area contributed by atoms with Crippen molar-refractivity contribution in [2.45, 2.75) is 6.42 Å². The molecule has 1 atom stereocenters. The summed E-state index contributed by atoms with van der Waals surface area (Å²) in [6, 6.07) is 16.5. The molecule has 126 valence electrons. The monoisotopic (exact) mass is 324 g/mol. The average molecular weight is 324 g/mol. The maximum atomic E-state index is 11.5. The molecule has 0 saturated heterocycles. The van der Waals surface area contributed by atoms with E-state index >= 15 is 0 Å². The molecule has 0 bridgehead atoms. The Labute approximate surface area is 144 Å². The lowest BCUT2D eigenvalue weighted by atomic mass is 9.92. The molecule has 1 unspecified atom stereocenters. The molecule has 0 spiro atoms. The molecule has 1 aliphatic heterocycles. The molecular formula is C20H24N2O2. The predicted molar refractivity (Wildman–Crippen MR) is 99.0 cm³/mol. The van der Waals surface area contributed by atoms with Crippen molar-refractivity contribution in [1.82, 2.24) is 5.32 Å². The van der Waals surface area contributed by atoms with Gasteiger partial charge in [-0.3, -0.25) is 4.79 Å². The highest BCUT2D eigenvalue weighted by molar-refractivity contribution is 5.86. The van der Waals surface area contributed by atoms with Crippen molar-refractivity contribution in [1.29, 1.82) is 0 Å². The summed E-state index contributed by atoms with van der Waals surface area (Å²) < 4.78 is 5.25. The highest BCUT2D eigenvalue weighted by Crippen LogP contribution is 2.35. The van der Waals surface area contributed by atoms with Gasteiger partial charge in [0.05, 0.1) is 7.11 Å². The van der Waals surface area contributed by atoms with Crippen LogP contribution in [-0.2, 0) is 11.2 Å². The van der Waals surface area contributed by atoms with Crippen molar-refractivity contribution >= 4 is 17.3 Å². The van der Waals surface area contributed by atoms with Crippen LogP contribution in [0.5, 0.6) is 5.75 Å². The summed E-state index contributed by atoms with van der Waals surface area (Å²) in [6.07, 6.45) is 2.28. The van der Waals surface area contributed by atoms with E-state index in [4.69, 9.17) is 4.74 Å². The number of fused-ring (bicyclic) bond motifs is 1. The zero-order valence-corrected chi connectivity index (χ0v) is 13.9. The Kier molecular flexibility index (Phi) is 4.85. The van der Waals surface area contributed by atoms with Crippen LogP contribution in [0.4, 0.5) is 11.4 Å². The van der Waals surface area contributed by atoms with E-state index in [1.807, 2.05) is 12.1 Å². The lowest BCUT2D eigenvalue weighted by Crippen LogP contribution is -2.38. The smallest absolute Gasteiger partial charge is 0.243 e. The number of carbonyl (C=O) groups excluding carboxylic acids is 1. The molecule has 1 N–H and O–H groups in total. The first-order valence-electron chi connectivity index (χ1n) is 8.11. The second-order valence-corrected chi connectivity index (χ2v) is 5.96. The summed E-state index contributed by atoms with van der Waals surface area (Å²) in [4.78, 5) is 13.8. The summed E-state index contributed by atoms with van der Waals surface area (Å²) in [7, 11) is 1.67. The van der Waals surface area contributed by atoms with Gasteiger partial charge in [-0.25, -0.2) is 0 Å². The van der Waals surface area contributed by atoms with Gasteiger partial charge < -0.3 is 15.0 Å². The molecule has 0 saturated carbocycles. The first kappa shape index (κ1) is 16.1. The summed E-state index contributed by atoms with van der Waals surface area (Å²) in [5, 5.41) is 2.92. The number of nitrogens with one attached hydrogen (secondary N) is 1. The Morgan fingerprint density at radius 1 is 1.33 bits per heavy atom. The molecule has 4 nitrogen and oxygen atoms in total. The zero-order chi connectivity index (χ0) is 16.9. The van der Waals surface area contributed by atoms with Crippen molar-refractivity contribution in [3.63, 3.8) is 0 Å². The second-order valence-electron chi connectivity index (χ2n) is 5.96. The van der Waals surface area contributed by atoms with Crippen molar-refractivity contribution in [2.75, 3.05) is 25.1 Å². The van der Waals surface area contributed by atoms with Crippen LogP contribution in [-0.4, -0.2) is 26.1 Å². The minimum absolute atomic E-state index is 0. The van der Waals surface area contributed by atoms with E-state index in [2.05, 4.69) is 53.2 Å². The number of benzene rings is 2. The van der Waals surface area contributed by atoms with E-state index < -0.39 is 0 Å². The van der Waals surface area contributed by atoms with Crippen LogP contribution < -0.4 is 15.0 Å². The highest BCUT2D eigenvalue weighted by Gasteiger charge is 2.25. The first-order chi connectivity index (χ1) is 11.7. The van der Waals surface area contributed by atoms with Crippen LogP contribution in [0.1, 0.15) is 6.99 Å². The number of ether oxygens (including phenoxy) is 1. The third-order valence-electron chi connectivity index (χ3n) is 4.37. The summed E-state index contributed by atoms with van der Waals surface area (Å²) in [5.41, 5.74) is 3.66. The lowest BCUT2D eigenvalue weighted by Gasteiger charge is -2.36. The quantitative estimate of drug-likeness (QED) is 0.855. The minimum Gasteiger partial charge on any atom is -0.497 e. The van der Waals surface area contributed by atoms with Crippen molar-refractivity contribution in [2.24, 2.45) is 5.92 Å². The SMILES string of the molecule is C=CC(=O)NCC1Cc2ccccc2N(c2ccc(OC)cc2)C1.[HH]. The van der Waals surface area contributed by atoms with Crippen molar-refractivity contribution < 1.29 is 11.0 Å². The molecule has 0 aliphatic carbocycles. The Morgan fingerprint density at radius 2 is 2.08 bits per heavy atom. The highest BCUT2D eigenvalue weighted by atomic mass is 16.5. The maximum Gasteiger partial charge on any atom is 0.243 e. The molecule has 2 aromatic rings. The number of rotatable bonds is 5. The van der Waals surface area contributed by atoms with Crippen LogP contribution >= 0.6 is 0 Å². The molecule has 3 rings (SSSR count). The number of hydrogen-bond acceptors (Lipinski definition) is 3. The van der Waals surface area contributed by atoms with E-state index in [0.717, 1.165) is 24.4 Å². The molecule has 4 heteroatoms. The minimum atomic E-state index is -0.121. The second kappa shape index (κ2) is 7.21. The van der Waals surface area contributed by atoms with Gasteiger partial charge in [0.1, 0.15) is 5.75 Å². The van der Waals surface area contributed by atoms with Crippen LogP contribution in [0.25, 0.3) is 0 Å². The van der Waals surface area contributed by atoms with E-state index in [0.29, 0.717) is 12.5 Å². The van der Waals surface area contributed by atoms with Gasteiger partial charge in [0.2, 0.25) is 5.91 Å². The van der Waals surface area contributed by atoms with Gasteiger partial charge in [0, 0.05) is 25.9 Å². The maximum absolute atomic E-state index is 11.5. The number of amides is 1. The van der Waals surface area contributed by atoms with E-state index in [1.165, 1.54) is 17.3 Å². The molecule has 1 heterocycles. The van der Waals surface area contributed by atoms with Crippen LogP contribution in [0.15, 0.2) is 61.2 Å².